The maximum atomic E-state index is 12.2. The van der Waals surface area contributed by atoms with E-state index >= 15 is 0 Å². The average molecular weight is 424 g/mol. The molecule has 2 aromatic carbocycles. The molecule has 0 radical (unpaired) electrons. The van der Waals surface area contributed by atoms with Gasteiger partial charge in [-0.2, -0.15) is 0 Å². The Morgan fingerprint density at radius 2 is 2.00 bits per heavy atom. The first-order valence-corrected chi connectivity index (χ1v) is 8.32. The van der Waals surface area contributed by atoms with Crippen LogP contribution in [0.4, 0.5) is 5.69 Å². The number of hydrogen-bond donors (Lipinski definition) is 2. The molecule has 128 valence electrons. The molecular weight excluding hydrogens is 412 g/mol. The second-order valence-corrected chi connectivity index (χ2v) is 6.40. The predicted molar refractivity (Wildman–Crippen MR) is 98.0 cm³/mol. The van der Waals surface area contributed by atoms with Crippen molar-refractivity contribution in [3.05, 3.63) is 57.7 Å². The highest BCUT2D eigenvalue weighted by Crippen LogP contribution is 2.31. The lowest BCUT2D eigenvalue weighted by Gasteiger charge is -2.09. The molecule has 0 unspecified atom stereocenters. The fourth-order valence-corrected chi connectivity index (χ4v) is 2.98. The zero-order chi connectivity index (χ0) is 18.0. The molecule has 0 bridgehead atoms. The molecule has 0 fully saturated rings. The number of para-hydroxylation sites is 1. The number of hydrogen-bond acceptors (Lipinski definition) is 4. The SMILES string of the molecule is NC(=O)c1oc2ccccc2c1NC(=O)COc1ccc(Br)cc1Cl. The van der Waals surface area contributed by atoms with E-state index in [1.165, 1.54) is 0 Å². The number of rotatable bonds is 5. The Kier molecular flexibility index (Phi) is 4.96. The molecule has 0 aliphatic heterocycles. The van der Waals surface area contributed by atoms with Crippen molar-refractivity contribution in [1.82, 2.24) is 0 Å². The summed E-state index contributed by atoms with van der Waals surface area (Å²) in [7, 11) is 0. The van der Waals surface area contributed by atoms with Crippen molar-refractivity contribution in [1.29, 1.82) is 0 Å². The van der Waals surface area contributed by atoms with Crippen molar-refractivity contribution in [3.8, 4) is 5.75 Å². The first-order valence-electron chi connectivity index (χ1n) is 7.14. The van der Waals surface area contributed by atoms with Gasteiger partial charge in [-0.15, -0.1) is 0 Å². The number of primary amides is 1. The smallest absolute Gasteiger partial charge is 0.286 e. The van der Waals surface area contributed by atoms with Crippen LogP contribution in [0.5, 0.6) is 5.75 Å². The third kappa shape index (κ3) is 3.78. The van der Waals surface area contributed by atoms with Crippen molar-refractivity contribution < 1.29 is 18.7 Å². The number of anilines is 1. The van der Waals surface area contributed by atoms with Gasteiger partial charge in [0.25, 0.3) is 11.8 Å². The molecule has 0 spiro atoms. The van der Waals surface area contributed by atoms with Crippen LogP contribution in [0.2, 0.25) is 5.02 Å². The summed E-state index contributed by atoms with van der Waals surface area (Å²) in [5.74, 6) is -1.00. The number of carbonyl (C=O) groups excluding carboxylic acids is 2. The molecule has 25 heavy (non-hydrogen) atoms. The number of nitrogens with one attached hydrogen (secondary N) is 1. The van der Waals surface area contributed by atoms with Crippen molar-refractivity contribution >= 4 is 56.0 Å². The summed E-state index contributed by atoms with van der Waals surface area (Å²) >= 11 is 9.32. The van der Waals surface area contributed by atoms with E-state index in [4.69, 9.17) is 26.5 Å². The number of nitrogens with two attached hydrogens (primary N) is 1. The highest BCUT2D eigenvalue weighted by atomic mass is 79.9. The summed E-state index contributed by atoms with van der Waals surface area (Å²) in [6.45, 7) is -0.293. The molecule has 3 rings (SSSR count). The van der Waals surface area contributed by atoms with Gasteiger partial charge in [0.15, 0.2) is 6.61 Å². The molecule has 0 atom stereocenters. The normalized spacial score (nSPS) is 10.6. The van der Waals surface area contributed by atoms with Gasteiger partial charge in [-0.05, 0) is 30.3 Å². The molecule has 2 amide bonds. The van der Waals surface area contributed by atoms with Crippen molar-refractivity contribution in [2.24, 2.45) is 5.73 Å². The number of fused-ring (bicyclic) bond motifs is 1. The molecule has 0 saturated heterocycles. The van der Waals surface area contributed by atoms with Crippen LogP contribution >= 0.6 is 27.5 Å². The molecule has 1 heterocycles. The molecule has 0 aliphatic rings. The summed E-state index contributed by atoms with van der Waals surface area (Å²) in [6.07, 6.45) is 0. The van der Waals surface area contributed by atoms with Crippen LogP contribution in [-0.2, 0) is 4.79 Å². The van der Waals surface area contributed by atoms with Crippen LogP contribution in [0.25, 0.3) is 11.0 Å². The van der Waals surface area contributed by atoms with E-state index in [0.29, 0.717) is 21.7 Å². The lowest BCUT2D eigenvalue weighted by Crippen LogP contribution is -2.22. The van der Waals surface area contributed by atoms with Crippen LogP contribution < -0.4 is 15.8 Å². The van der Waals surface area contributed by atoms with Gasteiger partial charge in [-0.3, -0.25) is 9.59 Å². The fourth-order valence-electron chi connectivity index (χ4n) is 2.25. The Labute approximate surface area is 156 Å². The van der Waals surface area contributed by atoms with Gasteiger partial charge in [-0.25, -0.2) is 0 Å². The lowest BCUT2D eigenvalue weighted by molar-refractivity contribution is -0.118. The maximum Gasteiger partial charge on any atom is 0.286 e. The van der Waals surface area contributed by atoms with E-state index in [2.05, 4.69) is 21.2 Å². The predicted octanol–water partition coefficient (Wildman–Crippen LogP) is 3.97. The van der Waals surface area contributed by atoms with Gasteiger partial charge < -0.3 is 20.2 Å². The third-order valence-corrected chi connectivity index (χ3v) is 4.13. The van der Waals surface area contributed by atoms with E-state index in [0.717, 1.165) is 4.47 Å². The minimum atomic E-state index is -0.775. The standard InChI is InChI=1S/C17H12BrClN2O4/c18-9-5-6-13(11(19)7-9)24-8-14(22)21-15-10-3-1-2-4-12(10)25-16(15)17(20)23/h1-7H,8H2,(H2,20,23)(H,21,22). The molecule has 6 nitrogen and oxygen atoms in total. The summed E-state index contributed by atoms with van der Waals surface area (Å²) in [5.41, 5.74) is 5.98. The van der Waals surface area contributed by atoms with Crippen LogP contribution in [0.3, 0.4) is 0 Å². The van der Waals surface area contributed by atoms with Crippen LogP contribution in [0.1, 0.15) is 10.6 Å². The van der Waals surface area contributed by atoms with Crippen LogP contribution in [0, 0.1) is 0 Å². The van der Waals surface area contributed by atoms with Gasteiger partial charge in [-0.1, -0.05) is 39.7 Å². The molecule has 0 saturated carbocycles. The Morgan fingerprint density at radius 3 is 2.72 bits per heavy atom. The fraction of sp³-hybridized carbons (Fsp3) is 0.0588. The maximum absolute atomic E-state index is 12.2. The van der Waals surface area contributed by atoms with Crippen molar-refractivity contribution in [2.75, 3.05) is 11.9 Å². The minimum Gasteiger partial charge on any atom is -0.482 e. The molecule has 8 heteroatoms. The van der Waals surface area contributed by atoms with E-state index in [-0.39, 0.29) is 18.1 Å². The van der Waals surface area contributed by atoms with E-state index in [9.17, 15) is 9.59 Å². The van der Waals surface area contributed by atoms with Gasteiger partial charge in [0.2, 0.25) is 5.76 Å². The first-order chi connectivity index (χ1) is 12.0. The Bertz CT molecular complexity index is 970. The summed E-state index contributed by atoms with van der Waals surface area (Å²) in [5, 5.41) is 3.55. The summed E-state index contributed by atoms with van der Waals surface area (Å²) < 4.78 is 11.6. The highest BCUT2D eigenvalue weighted by molar-refractivity contribution is 9.10. The zero-order valence-electron chi connectivity index (χ0n) is 12.7. The number of halogens is 2. The Balaban J connectivity index is 1.78. The van der Waals surface area contributed by atoms with Crippen molar-refractivity contribution in [3.63, 3.8) is 0 Å². The first kappa shape index (κ1) is 17.3. The van der Waals surface area contributed by atoms with Crippen LogP contribution in [0.15, 0.2) is 51.4 Å². The van der Waals surface area contributed by atoms with E-state index in [1.54, 1.807) is 42.5 Å². The van der Waals surface area contributed by atoms with Gasteiger partial charge in [0.1, 0.15) is 17.0 Å². The number of furan rings is 1. The largest absolute Gasteiger partial charge is 0.482 e. The third-order valence-electron chi connectivity index (χ3n) is 3.34. The van der Waals surface area contributed by atoms with E-state index in [1.807, 2.05) is 0 Å². The lowest BCUT2D eigenvalue weighted by atomic mass is 10.2. The zero-order valence-corrected chi connectivity index (χ0v) is 15.1. The van der Waals surface area contributed by atoms with E-state index < -0.39 is 11.8 Å². The molecule has 1 aromatic heterocycles. The number of ether oxygens (including phenoxy) is 1. The number of amides is 2. The molecular formula is C17H12BrClN2O4. The molecule has 3 N–H and O–H groups in total. The summed E-state index contributed by atoms with van der Waals surface area (Å²) in [4.78, 5) is 23.8. The molecule has 0 aliphatic carbocycles. The molecule has 3 aromatic rings. The number of benzene rings is 2. The summed E-state index contributed by atoms with van der Waals surface area (Å²) in [6, 6.07) is 11.9. The minimum absolute atomic E-state index is 0.115. The van der Waals surface area contributed by atoms with Gasteiger partial charge in [0, 0.05) is 9.86 Å². The monoisotopic (exact) mass is 422 g/mol. The Hall–Kier alpha value is -2.51. The highest BCUT2D eigenvalue weighted by Gasteiger charge is 2.20. The second-order valence-electron chi connectivity index (χ2n) is 5.08. The topological polar surface area (TPSA) is 94.6 Å². The van der Waals surface area contributed by atoms with Crippen LogP contribution in [-0.4, -0.2) is 18.4 Å². The van der Waals surface area contributed by atoms with Gasteiger partial charge >= 0.3 is 0 Å². The van der Waals surface area contributed by atoms with Crippen molar-refractivity contribution in [2.45, 2.75) is 0 Å². The second kappa shape index (κ2) is 7.16. The van der Waals surface area contributed by atoms with Gasteiger partial charge in [0.05, 0.1) is 5.02 Å². The quantitative estimate of drug-likeness (QED) is 0.649. The number of carbonyl (C=O) groups is 2. The average Bonchev–Trinajstić information content (AvgIpc) is 2.93. The Morgan fingerprint density at radius 1 is 1.24 bits per heavy atom.